The van der Waals surface area contributed by atoms with Crippen molar-refractivity contribution in [3.8, 4) is 11.8 Å². The lowest BCUT2D eigenvalue weighted by Gasteiger charge is -2.23. The molecular formula is C23H28N2O4. The lowest BCUT2D eigenvalue weighted by molar-refractivity contribution is 0.157. The zero-order chi connectivity index (χ0) is 21.5. The van der Waals surface area contributed by atoms with Gasteiger partial charge in [-0.15, -0.1) is 0 Å². The smallest absolute Gasteiger partial charge is 0.406 e. The molecule has 6 nitrogen and oxygen atoms in total. The standard InChI is InChI=1S/C23H28N2O4/c1-22(2,3)19-8-4-18(5-9-19)14-29-20-10-6-17(7-11-20)12-13-23(15-24,16-26)25-21(27)28/h4-11,25-26H,12-14,16H2,1-3H3,(H,27,28). The summed E-state index contributed by atoms with van der Waals surface area (Å²) in [6.45, 7) is 6.43. The van der Waals surface area contributed by atoms with E-state index in [0.29, 0.717) is 13.0 Å². The maximum atomic E-state index is 10.9. The summed E-state index contributed by atoms with van der Waals surface area (Å²) in [6.07, 6.45) is -0.713. The zero-order valence-corrected chi connectivity index (χ0v) is 17.1. The van der Waals surface area contributed by atoms with Crippen LogP contribution >= 0.6 is 0 Å². The number of benzene rings is 2. The number of carboxylic acid groups (broad SMARTS) is 1. The van der Waals surface area contributed by atoms with Crippen LogP contribution in [0, 0.1) is 11.3 Å². The summed E-state index contributed by atoms with van der Waals surface area (Å²) in [7, 11) is 0. The fraction of sp³-hybridized carbons (Fsp3) is 0.391. The number of ether oxygens (including phenoxy) is 1. The molecule has 0 aliphatic rings. The number of hydrogen-bond donors (Lipinski definition) is 3. The van der Waals surface area contributed by atoms with Gasteiger partial charge in [-0.2, -0.15) is 5.26 Å². The molecule has 3 N–H and O–H groups in total. The Bertz CT molecular complexity index is 848. The molecule has 0 aliphatic heterocycles. The van der Waals surface area contributed by atoms with Crippen LogP contribution in [-0.2, 0) is 18.4 Å². The van der Waals surface area contributed by atoms with Crippen LogP contribution in [0.4, 0.5) is 4.79 Å². The highest BCUT2D eigenvalue weighted by Crippen LogP contribution is 2.23. The number of rotatable bonds is 8. The summed E-state index contributed by atoms with van der Waals surface area (Å²) in [4.78, 5) is 10.9. The van der Waals surface area contributed by atoms with Crippen molar-refractivity contribution < 1.29 is 19.7 Å². The van der Waals surface area contributed by atoms with Gasteiger partial charge < -0.3 is 20.3 Å². The van der Waals surface area contributed by atoms with Crippen molar-refractivity contribution in [2.75, 3.05) is 6.61 Å². The van der Waals surface area contributed by atoms with E-state index < -0.39 is 18.2 Å². The average molecular weight is 396 g/mol. The molecule has 0 saturated carbocycles. The molecule has 29 heavy (non-hydrogen) atoms. The van der Waals surface area contributed by atoms with E-state index in [0.717, 1.165) is 16.9 Å². The normalized spacial score (nSPS) is 13.2. The topological polar surface area (TPSA) is 103 Å². The van der Waals surface area contributed by atoms with Crippen LogP contribution in [-0.4, -0.2) is 28.5 Å². The average Bonchev–Trinajstić information content (AvgIpc) is 2.70. The molecule has 0 aromatic heterocycles. The molecule has 0 radical (unpaired) electrons. The van der Waals surface area contributed by atoms with Gasteiger partial charge in [0.25, 0.3) is 0 Å². The molecule has 0 heterocycles. The van der Waals surface area contributed by atoms with Gasteiger partial charge in [0.2, 0.25) is 0 Å². The third-order valence-electron chi connectivity index (χ3n) is 4.82. The number of aryl methyl sites for hydroxylation is 1. The van der Waals surface area contributed by atoms with Gasteiger partial charge in [-0.05, 0) is 47.1 Å². The molecule has 154 valence electrons. The first kappa shape index (κ1) is 22.3. The highest BCUT2D eigenvalue weighted by Gasteiger charge is 2.31. The van der Waals surface area contributed by atoms with Crippen molar-refractivity contribution in [3.05, 3.63) is 65.2 Å². The first-order chi connectivity index (χ1) is 13.7. The second-order valence-electron chi connectivity index (χ2n) is 8.16. The van der Waals surface area contributed by atoms with Crippen molar-refractivity contribution in [1.29, 1.82) is 5.26 Å². The Kier molecular flexibility index (Phi) is 7.24. The van der Waals surface area contributed by atoms with Gasteiger partial charge in [-0.1, -0.05) is 57.2 Å². The van der Waals surface area contributed by atoms with Crippen LogP contribution in [0.5, 0.6) is 5.75 Å². The first-order valence-electron chi connectivity index (χ1n) is 9.52. The third-order valence-corrected chi connectivity index (χ3v) is 4.82. The number of nitrogens with one attached hydrogen (secondary N) is 1. The SMILES string of the molecule is CC(C)(C)c1ccc(COc2ccc(CCC(C#N)(CO)NC(=O)O)cc2)cc1. The molecule has 1 atom stereocenters. The molecule has 0 saturated heterocycles. The number of hydrogen-bond acceptors (Lipinski definition) is 4. The highest BCUT2D eigenvalue weighted by atomic mass is 16.5. The van der Waals surface area contributed by atoms with E-state index in [9.17, 15) is 15.2 Å². The van der Waals surface area contributed by atoms with Crippen molar-refractivity contribution in [1.82, 2.24) is 5.32 Å². The van der Waals surface area contributed by atoms with E-state index in [2.05, 4.69) is 50.4 Å². The van der Waals surface area contributed by atoms with Crippen LogP contribution in [0.15, 0.2) is 48.5 Å². The molecule has 6 heteroatoms. The van der Waals surface area contributed by atoms with Crippen LogP contribution in [0.2, 0.25) is 0 Å². The van der Waals surface area contributed by atoms with Gasteiger partial charge in [0.05, 0.1) is 12.7 Å². The number of aliphatic hydroxyl groups is 1. The summed E-state index contributed by atoms with van der Waals surface area (Å²) in [5.74, 6) is 0.728. The fourth-order valence-electron chi connectivity index (χ4n) is 2.88. The lowest BCUT2D eigenvalue weighted by Crippen LogP contribution is -2.50. The van der Waals surface area contributed by atoms with Crippen LogP contribution in [0.1, 0.15) is 43.9 Å². The minimum Gasteiger partial charge on any atom is -0.489 e. The Morgan fingerprint density at radius 1 is 1.07 bits per heavy atom. The van der Waals surface area contributed by atoms with Gasteiger partial charge in [0.1, 0.15) is 12.4 Å². The molecule has 1 unspecified atom stereocenters. The van der Waals surface area contributed by atoms with Gasteiger partial charge in [0, 0.05) is 0 Å². The van der Waals surface area contributed by atoms with Gasteiger partial charge in [-0.3, -0.25) is 0 Å². The minimum absolute atomic E-state index is 0.119. The third kappa shape index (κ3) is 6.51. The van der Waals surface area contributed by atoms with Crippen molar-refractivity contribution >= 4 is 6.09 Å². The predicted molar refractivity (Wildman–Crippen MR) is 111 cm³/mol. The molecule has 0 spiro atoms. The Balaban J connectivity index is 1.91. The van der Waals surface area contributed by atoms with Crippen LogP contribution in [0.25, 0.3) is 0 Å². The second kappa shape index (κ2) is 9.44. The molecule has 2 aromatic carbocycles. The van der Waals surface area contributed by atoms with E-state index >= 15 is 0 Å². The number of carbonyl (C=O) groups is 1. The Morgan fingerprint density at radius 2 is 1.66 bits per heavy atom. The minimum atomic E-state index is -1.50. The van der Waals surface area contributed by atoms with Crippen LogP contribution in [0.3, 0.4) is 0 Å². The first-order valence-corrected chi connectivity index (χ1v) is 9.52. The highest BCUT2D eigenvalue weighted by molar-refractivity contribution is 5.66. The van der Waals surface area contributed by atoms with E-state index in [4.69, 9.17) is 9.84 Å². The van der Waals surface area contributed by atoms with E-state index in [1.165, 1.54) is 5.56 Å². The summed E-state index contributed by atoms with van der Waals surface area (Å²) in [5, 5.41) is 29.6. The molecule has 2 rings (SSSR count). The van der Waals surface area contributed by atoms with Gasteiger partial charge in [-0.25, -0.2) is 4.79 Å². The quantitative estimate of drug-likeness (QED) is 0.625. The molecular weight excluding hydrogens is 368 g/mol. The number of aliphatic hydroxyl groups excluding tert-OH is 1. The van der Waals surface area contributed by atoms with Gasteiger partial charge in [0.15, 0.2) is 5.54 Å². The Morgan fingerprint density at radius 3 is 2.14 bits per heavy atom. The molecule has 0 bridgehead atoms. The number of nitriles is 1. The lowest BCUT2D eigenvalue weighted by atomic mass is 9.87. The van der Waals surface area contributed by atoms with E-state index in [1.807, 2.05) is 30.3 Å². The Hall–Kier alpha value is -3.04. The number of amides is 1. The second-order valence-corrected chi connectivity index (χ2v) is 8.16. The van der Waals surface area contributed by atoms with E-state index in [-0.39, 0.29) is 11.8 Å². The van der Waals surface area contributed by atoms with Crippen molar-refractivity contribution in [3.63, 3.8) is 0 Å². The van der Waals surface area contributed by atoms with Gasteiger partial charge >= 0.3 is 6.09 Å². The monoisotopic (exact) mass is 396 g/mol. The van der Waals surface area contributed by atoms with Crippen molar-refractivity contribution in [2.24, 2.45) is 0 Å². The predicted octanol–water partition coefficient (Wildman–Crippen LogP) is 4.02. The summed E-state index contributed by atoms with van der Waals surface area (Å²) in [5.41, 5.74) is 1.91. The summed E-state index contributed by atoms with van der Waals surface area (Å²) >= 11 is 0. The largest absolute Gasteiger partial charge is 0.489 e. The summed E-state index contributed by atoms with van der Waals surface area (Å²) < 4.78 is 5.83. The van der Waals surface area contributed by atoms with Crippen molar-refractivity contribution in [2.45, 2.75) is 51.2 Å². The molecule has 0 aliphatic carbocycles. The van der Waals surface area contributed by atoms with Crippen LogP contribution < -0.4 is 10.1 Å². The van der Waals surface area contributed by atoms with E-state index in [1.54, 1.807) is 0 Å². The summed E-state index contributed by atoms with van der Waals surface area (Å²) in [6, 6.07) is 17.7. The Labute approximate surface area is 171 Å². The molecule has 2 aromatic rings. The molecule has 0 fully saturated rings. The number of nitrogens with zero attached hydrogens (tertiary/aromatic N) is 1. The fourth-order valence-corrected chi connectivity index (χ4v) is 2.88. The zero-order valence-electron chi connectivity index (χ0n) is 17.1. The molecule has 1 amide bonds. The maximum Gasteiger partial charge on any atom is 0.406 e. The maximum absolute atomic E-state index is 10.9.